The first-order valence-corrected chi connectivity index (χ1v) is 7.64. The number of ether oxygens (including phenoxy) is 1. The molecule has 0 radical (unpaired) electrons. The van der Waals surface area contributed by atoms with Crippen LogP contribution >= 0.6 is 23.2 Å². The van der Waals surface area contributed by atoms with Crippen molar-refractivity contribution in [3.05, 3.63) is 33.8 Å². The van der Waals surface area contributed by atoms with Crippen molar-refractivity contribution >= 4 is 23.2 Å². The van der Waals surface area contributed by atoms with Gasteiger partial charge in [-0.25, -0.2) is 0 Å². The van der Waals surface area contributed by atoms with Crippen LogP contribution in [0.3, 0.4) is 0 Å². The summed E-state index contributed by atoms with van der Waals surface area (Å²) in [6, 6.07) is 7.29. The molecule has 2 nitrogen and oxygen atoms in total. The lowest BCUT2D eigenvalue weighted by Crippen LogP contribution is -2.46. The van der Waals surface area contributed by atoms with E-state index in [4.69, 9.17) is 27.9 Å². The summed E-state index contributed by atoms with van der Waals surface area (Å²) >= 11 is 12.2. The third-order valence-electron chi connectivity index (χ3n) is 4.58. The Hall–Kier alpha value is -0.280. The van der Waals surface area contributed by atoms with Crippen LogP contribution < -0.4 is 5.32 Å². The molecule has 0 spiro atoms. The number of benzene rings is 1. The van der Waals surface area contributed by atoms with Gasteiger partial charge >= 0.3 is 0 Å². The van der Waals surface area contributed by atoms with Gasteiger partial charge in [-0.1, -0.05) is 29.3 Å². The standard InChI is InChI=1S/C15H19Cl2NO/c1-19-8-12-11(7-10-3-5-15(12)18-10)9-2-4-13(16)14(17)6-9/h2,4,6,10-12,15,18H,3,5,7-8H2,1H3/t10?,11-,12-,15-/m1/s1. The number of piperidine rings is 1. The van der Waals surface area contributed by atoms with E-state index < -0.39 is 0 Å². The quantitative estimate of drug-likeness (QED) is 0.915. The third kappa shape index (κ3) is 2.64. The Kier molecular flexibility index (Phi) is 4.04. The maximum absolute atomic E-state index is 6.17. The maximum Gasteiger partial charge on any atom is 0.0595 e. The predicted molar refractivity (Wildman–Crippen MR) is 79.1 cm³/mol. The van der Waals surface area contributed by atoms with E-state index in [1.807, 2.05) is 12.1 Å². The van der Waals surface area contributed by atoms with Gasteiger partial charge in [-0.15, -0.1) is 0 Å². The number of nitrogens with one attached hydrogen (secondary N) is 1. The molecule has 0 aliphatic carbocycles. The van der Waals surface area contributed by atoms with Crippen molar-refractivity contribution in [1.29, 1.82) is 0 Å². The number of methoxy groups -OCH3 is 1. The Morgan fingerprint density at radius 3 is 2.84 bits per heavy atom. The molecule has 3 rings (SSSR count). The largest absolute Gasteiger partial charge is 0.384 e. The average molecular weight is 300 g/mol. The van der Waals surface area contributed by atoms with Gasteiger partial charge in [-0.2, -0.15) is 0 Å². The van der Waals surface area contributed by atoms with Gasteiger partial charge in [0.25, 0.3) is 0 Å². The van der Waals surface area contributed by atoms with Crippen molar-refractivity contribution in [1.82, 2.24) is 5.32 Å². The van der Waals surface area contributed by atoms with E-state index in [1.54, 1.807) is 7.11 Å². The van der Waals surface area contributed by atoms with E-state index >= 15 is 0 Å². The van der Waals surface area contributed by atoms with Crippen LogP contribution in [0.2, 0.25) is 10.0 Å². The first kappa shape index (κ1) is 13.7. The topological polar surface area (TPSA) is 21.3 Å². The summed E-state index contributed by atoms with van der Waals surface area (Å²) < 4.78 is 5.44. The molecule has 2 aliphatic heterocycles. The maximum atomic E-state index is 6.17. The highest BCUT2D eigenvalue weighted by atomic mass is 35.5. The first-order chi connectivity index (χ1) is 9.19. The molecule has 2 saturated heterocycles. The van der Waals surface area contributed by atoms with Gasteiger partial charge in [0.1, 0.15) is 0 Å². The molecule has 2 bridgehead atoms. The molecule has 1 aromatic carbocycles. The van der Waals surface area contributed by atoms with Crippen molar-refractivity contribution in [3.63, 3.8) is 0 Å². The van der Waals surface area contributed by atoms with E-state index in [2.05, 4.69) is 11.4 Å². The molecule has 2 aliphatic rings. The van der Waals surface area contributed by atoms with Crippen molar-refractivity contribution in [2.75, 3.05) is 13.7 Å². The smallest absolute Gasteiger partial charge is 0.0595 e. The molecule has 1 unspecified atom stereocenters. The molecule has 2 fully saturated rings. The molecule has 19 heavy (non-hydrogen) atoms. The number of halogens is 2. The summed E-state index contributed by atoms with van der Waals surface area (Å²) in [5, 5.41) is 5.00. The number of hydrogen-bond donors (Lipinski definition) is 1. The van der Waals surface area contributed by atoms with Gasteiger partial charge in [0, 0.05) is 25.1 Å². The van der Waals surface area contributed by atoms with Crippen LogP contribution in [0.4, 0.5) is 0 Å². The molecule has 1 N–H and O–H groups in total. The Morgan fingerprint density at radius 1 is 1.26 bits per heavy atom. The minimum absolute atomic E-state index is 0.522. The van der Waals surface area contributed by atoms with Gasteiger partial charge < -0.3 is 10.1 Å². The second-order valence-corrected chi connectivity index (χ2v) is 6.50. The van der Waals surface area contributed by atoms with Crippen molar-refractivity contribution in [2.45, 2.75) is 37.3 Å². The first-order valence-electron chi connectivity index (χ1n) is 6.89. The molecule has 0 aromatic heterocycles. The zero-order valence-electron chi connectivity index (χ0n) is 11.0. The summed E-state index contributed by atoms with van der Waals surface area (Å²) in [4.78, 5) is 0. The van der Waals surface area contributed by atoms with E-state index in [9.17, 15) is 0 Å². The van der Waals surface area contributed by atoms with Crippen LogP contribution in [0.5, 0.6) is 0 Å². The van der Waals surface area contributed by atoms with Crippen molar-refractivity contribution < 1.29 is 4.74 Å². The summed E-state index contributed by atoms with van der Waals surface area (Å²) in [5.41, 5.74) is 1.30. The van der Waals surface area contributed by atoms with E-state index in [-0.39, 0.29) is 0 Å². The Labute approximate surface area is 124 Å². The predicted octanol–water partition coefficient (Wildman–Crippen LogP) is 3.86. The molecule has 104 valence electrons. The molecule has 0 amide bonds. The molecular formula is C15H19Cl2NO. The molecule has 4 heteroatoms. The number of fused-ring (bicyclic) bond motifs is 2. The zero-order valence-corrected chi connectivity index (χ0v) is 12.5. The summed E-state index contributed by atoms with van der Waals surface area (Å²) in [5.74, 6) is 1.05. The van der Waals surface area contributed by atoms with E-state index in [0.717, 1.165) is 6.61 Å². The number of rotatable bonds is 3. The minimum Gasteiger partial charge on any atom is -0.384 e. The van der Waals surface area contributed by atoms with Gasteiger partial charge in [-0.3, -0.25) is 0 Å². The van der Waals surface area contributed by atoms with E-state index in [1.165, 1.54) is 24.8 Å². The lowest BCUT2D eigenvalue weighted by atomic mass is 9.77. The fourth-order valence-electron chi connectivity index (χ4n) is 3.69. The van der Waals surface area contributed by atoms with Crippen LogP contribution in [0, 0.1) is 5.92 Å². The molecule has 1 aromatic rings. The highest BCUT2D eigenvalue weighted by Gasteiger charge is 2.41. The zero-order chi connectivity index (χ0) is 13.4. The summed E-state index contributed by atoms with van der Waals surface area (Å²) in [7, 11) is 1.78. The van der Waals surface area contributed by atoms with Gasteiger partial charge in [0.15, 0.2) is 0 Å². The summed E-state index contributed by atoms with van der Waals surface area (Å²) in [6.07, 6.45) is 3.71. The van der Waals surface area contributed by atoms with Crippen molar-refractivity contribution in [3.8, 4) is 0 Å². The molecule has 2 heterocycles. The van der Waals surface area contributed by atoms with E-state index in [0.29, 0.717) is 34.0 Å². The fourth-order valence-corrected chi connectivity index (χ4v) is 3.99. The lowest BCUT2D eigenvalue weighted by Gasteiger charge is -2.37. The minimum atomic E-state index is 0.522. The molecule has 0 saturated carbocycles. The van der Waals surface area contributed by atoms with Crippen LogP contribution in [0.15, 0.2) is 18.2 Å². The Balaban J connectivity index is 1.89. The monoisotopic (exact) mass is 299 g/mol. The van der Waals surface area contributed by atoms with Crippen LogP contribution in [0.25, 0.3) is 0 Å². The van der Waals surface area contributed by atoms with Crippen molar-refractivity contribution in [2.24, 2.45) is 5.92 Å². The third-order valence-corrected chi connectivity index (χ3v) is 5.32. The van der Waals surface area contributed by atoms with Crippen LogP contribution in [-0.2, 0) is 4.74 Å². The van der Waals surface area contributed by atoms with Gasteiger partial charge in [0.2, 0.25) is 0 Å². The highest BCUT2D eigenvalue weighted by Crippen LogP contribution is 2.42. The van der Waals surface area contributed by atoms with Gasteiger partial charge in [-0.05, 0) is 42.9 Å². The molecule has 4 atom stereocenters. The van der Waals surface area contributed by atoms with Crippen LogP contribution in [-0.4, -0.2) is 25.8 Å². The lowest BCUT2D eigenvalue weighted by molar-refractivity contribution is 0.101. The normalized spacial score (nSPS) is 33.6. The second-order valence-electron chi connectivity index (χ2n) is 5.68. The SMILES string of the molecule is COC[C@@H]1[C@@H](c2ccc(Cl)c(Cl)c2)CC2CC[C@H]1N2. The van der Waals surface area contributed by atoms with Crippen LogP contribution in [0.1, 0.15) is 30.7 Å². The Morgan fingerprint density at radius 2 is 2.11 bits per heavy atom. The highest BCUT2D eigenvalue weighted by molar-refractivity contribution is 6.42. The molecular weight excluding hydrogens is 281 g/mol. The average Bonchev–Trinajstić information content (AvgIpc) is 2.79. The second kappa shape index (κ2) is 5.61. The Bertz CT molecular complexity index is 465. The summed E-state index contributed by atoms with van der Waals surface area (Å²) in [6.45, 7) is 0.801. The number of hydrogen-bond acceptors (Lipinski definition) is 2. The van der Waals surface area contributed by atoms with Gasteiger partial charge in [0.05, 0.1) is 16.7 Å². The fraction of sp³-hybridized carbons (Fsp3) is 0.600.